The molecule has 0 bridgehead atoms. The molecule has 1 saturated heterocycles. The third-order valence-corrected chi connectivity index (χ3v) is 3.69. The molecule has 116 valence electrons. The molecule has 4 N–H and O–H groups in total. The fourth-order valence-electron chi connectivity index (χ4n) is 2.03. The van der Waals surface area contributed by atoms with Crippen molar-refractivity contribution in [1.29, 1.82) is 0 Å². The van der Waals surface area contributed by atoms with Gasteiger partial charge in [0.15, 0.2) is 5.05 Å². The number of hydrogen-bond donors (Lipinski definition) is 4. The number of aryl methyl sites for hydroxylation is 1. The van der Waals surface area contributed by atoms with Gasteiger partial charge in [0.2, 0.25) is 6.29 Å². The van der Waals surface area contributed by atoms with Crippen molar-refractivity contribution in [2.75, 3.05) is 6.61 Å². The molecule has 0 aliphatic carbocycles. The first-order valence-electron chi connectivity index (χ1n) is 6.52. The van der Waals surface area contributed by atoms with Crippen LogP contribution in [0.4, 0.5) is 0 Å². The lowest BCUT2D eigenvalue weighted by molar-refractivity contribution is -0.280. The van der Waals surface area contributed by atoms with E-state index in [-0.39, 0.29) is 5.05 Å². The first-order chi connectivity index (χ1) is 9.93. The van der Waals surface area contributed by atoms with Crippen LogP contribution in [-0.2, 0) is 9.47 Å². The topological polar surface area (TPSA) is 99.4 Å². The van der Waals surface area contributed by atoms with Crippen molar-refractivity contribution < 1.29 is 29.9 Å². The Morgan fingerprint density at radius 1 is 1.14 bits per heavy atom. The Balaban J connectivity index is 2.07. The Morgan fingerprint density at radius 3 is 2.33 bits per heavy atom. The Kier molecular flexibility index (Phi) is 5.26. The molecule has 0 radical (unpaired) electrons. The zero-order valence-corrected chi connectivity index (χ0v) is 12.2. The molecule has 21 heavy (non-hydrogen) atoms. The molecule has 1 heterocycles. The van der Waals surface area contributed by atoms with E-state index in [0.717, 1.165) is 5.56 Å². The highest BCUT2D eigenvalue weighted by Gasteiger charge is 2.44. The summed E-state index contributed by atoms with van der Waals surface area (Å²) in [7, 11) is 0. The molecule has 0 aromatic heterocycles. The third kappa shape index (κ3) is 3.57. The molecule has 0 saturated carbocycles. The van der Waals surface area contributed by atoms with Crippen LogP contribution < -0.4 is 0 Å². The number of hydrogen-bond acceptors (Lipinski definition) is 7. The van der Waals surface area contributed by atoms with E-state index in [1.54, 1.807) is 12.1 Å². The van der Waals surface area contributed by atoms with Crippen LogP contribution in [0.15, 0.2) is 24.3 Å². The van der Waals surface area contributed by atoms with Gasteiger partial charge < -0.3 is 29.9 Å². The molecular weight excluding hydrogens is 296 g/mol. The smallest absolute Gasteiger partial charge is 0.230 e. The summed E-state index contributed by atoms with van der Waals surface area (Å²) in [6, 6.07) is 7.25. The lowest BCUT2D eigenvalue weighted by Crippen LogP contribution is -2.59. The first-order valence-corrected chi connectivity index (χ1v) is 6.93. The summed E-state index contributed by atoms with van der Waals surface area (Å²) in [6.07, 6.45) is -6.64. The van der Waals surface area contributed by atoms with Crippen molar-refractivity contribution in [3.05, 3.63) is 35.4 Å². The fourth-order valence-corrected chi connectivity index (χ4v) is 2.26. The van der Waals surface area contributed by atoms with Gasteiger partial charge in [0.25, 0.3) is 0 Å². The van der Waals surface area contributed by atoms with E-state index in [4.69, 9.17) is 26.8 Å². The second kappa shape index (κ2) is 6.78. The summed E-state index contributed by atoms with van der Waals surface area (Å²) in [5.41, 5.74) is 1.70. The van der Waals surface area contributed by atoms with Crippen molar-refractivity contribution in [1.82, 2.24) is 0 Å². The van der Waals surface area contributed by atoms with Crippen molar-refractivity contribution in [3.63, 3.8) is 0 Å². The zero-order valence-electron chi connectivity index (χ0n) is 11.4. The normalized spacial score (nSPS) is 32.7. The number of thiocarbonyl (C=S) groups is 1. The van der Waals surface area contributed by atoms with E-state index in [1.165, 1.54) is 0 Å². The molecule has 1 fully saturated rings. The molecule has 5 atom stereocenters. The Morgan fingerprint density at radius 2 is 1.76 bits per heavy atom. The highest BCUT2D eigenvalue weighted by atomic mass is 32.1. The van der Waals surface area contributed by atoms with E-state index >= 15 is 0 Å². The lowest BCUT2D eigenvalue weighted by atomic mass is 9.99. The minimum Gasteiger partial charge on any atom is -0.451 e. The quantitative estimate of drug-likeness (QED) is 0.558. The predicted octanol–water partition coefficient (Wildman–Crippen LogP) is -0.513. The first kappa shape index (κ1) is 16.3. The maximum atomic E-state index is 9.86. The minimum atomic E-state index is -1.48. The van der Waals surface area contributed by atoms with Crippen LogP contribution in [0.1, 0.15) is 11.1 Å². The Labute approximate surface area is 127 Å². The van der Waals surface area contributed by atoms with E-state index < -0.39 is 37.3 Å². The monoisotopic (exact) mass is 314 g/mol. The van der Waals surface area contributed by atoms with E-state index in [1.807, 2.05) is 19.1 Å². The second-order valence-electron chi connectivity index (χ2n) is 4.97. The number of aliphatic hydroxyl groups is 4. The van der Waals surface area contributed by atoms with Gasteiger partial charge in [-0.05, 0) is 19.1 Å². The summed E-state index contributed by atoms with van der Waals surface area (Å²) in [4.78, 5) is 0. The maximum absolute atomic E-state index is 9.86. The maximum Gasteiger partial charge on any atom is 0.230 e. The van der Waals surface area contributed by atoms with Crippen LogP contribution in [0.2, 0.25) is 0 Å². The van der Waals surface area contributed by atoms with Crippen LogP contribution in [0.3, 0.4) is 0 Å². The average Bonchev–Trinajstić information content (AvgIpc) is 2.48. The molecule has 7 heteroatoms. The minimum absolute atomic E-state index is 0.0966. The van der Waals surface area contributed by atoms with Gasteiger partial charge in [-0.25, -0.2) is 0 Å². The molecule has 1 aliphatic rings. The number of rotatable bonds is 3. The highest BCUT2D eigenvalue weighted by Crippen LogP contribution is 2.23. The standard InChI is InChI=1S/C14H18O6S/c1-7-2-4-8(5-3-7)14(21)20-13-12(18)11(17)10(16)9(6-15)19-13/h2-5,9-13,15-18H,6H2,1H3/t9-,10+,11+,12-,13?/m1/s1. The molecular formula is C14H18O6S. The molecule has 0 spiro atoms. The van der Waals surface area contributed by atoms with Crippen LogP contribution in [0.25, 0.3) is 0 Å². The largest absolute Gasteiger partial charge is 0.451 e. The summed E-state index contributed by atoms with van der Waals surface area (Å²) < 4.78 is 10.6. The fraction of sp³-hybridized carbons (Fsp3) is 0.500. The van der Waals surface area contributed by atoms with Gasteiger partial charge in [0.05, 0.1) is 6.61 Å². The Hall–Kier alpha value is -1.09. The molecule has 1 unspecified atom stereocenters. The van der Waals surface area contributed by atoms with E-state index in [9.17, 15) is 15.3 Å². The van der Waals surface area contributed by atoms with Crippen molar-refractivity contribution in [2.24, 2.45) is 0 Å². The second-order valence-corrected chi connectivity index (χ2v) is 5.34. The number of ether oxygens (including phenoxy) is 2. The van der Waals surface area contributed by atoms with Crippen LogP contribution in [0.5, 0.6) is 0 Å². The highest BCUT2D eigenvalue weighted by molar-refractivity contribution is 7.80. The van der Waals surface area contributed by atoms with Gasteiger partial charge in [-0.15, -0.1) is 0 Å². The predicted molar refractivity (Wildman–Crippen MR) is 77.7 cm³/mol. The molecule has 2 rings (SSSR count). The third-order valence-electron chi connectivity index (χ3n) is 3.36. The molecule has 1 aromatic carbocycles. The van der Waals surface area contributed by atoms with Crippen molar-refractivity contribution in [2.45, 2.75) is 37.6 Å². The summed E-state index contributed by atoms with van der Waals surface area (Å²) >= 11 is 5.12. The average molecular weight is 314 g/mol. The number of aliphatic hydroxyl groups excluding tert-OH is 4. The summed E-state index contributed by atoms with van der Waals surface area (Å²) in [6.45, 7) is 1.42. The van der Waals surface area contributed by atoms with Gasteiger partial charge in [-0.1, -0.05) is 29.8 Å². The molecule has 6 nitrogen and oxygen atoms in total. The zero-order chi connectivity index (χ0) is 15.6. The van der Waals surface area contributed by atoms with Gasteiger partial charge in [-0.2, -0.15) is 0 Å². The Bertz CT molecular complexity index is 489. The molecule has 1 aromatic rings. The van der Waals surface area contributed by atoms with Gasteiger partial charge >= 0.3 is 0 Å². The van der Waals surface area contributed by atoms with E-state index in [2.05, 4.69) is 0 Å². The van der Waals surface area contributed by atoms with Crippen molar-refractivity contribution >= 4 is 17.3 Å². The van der Waals surface area contributed by atoms with Crippen LogP contribution in [-0.4, -0.2) is 62.8 Å². The van der Waals surface area contributed by atoms with Crippen LogP contribution >= 0.6 is 12.2 Å². The SMILES string of the molecule is Cc1ccc(C(=S)OC2O[C@H](CO)[C@H](O)[C@H](O)[C@H]2O)cc1. The number of benzene rings is 1. The van der Waals surface area contributed by atoms with Gasteiger partial charge in [0.1, 0.15) is 24.4 Å². The van der Waals surface area contributed by atoms with E-state index in [0.29, 0.717) is 5.56 Å². The van der Waals surface area contributed by atoms with Gasteiger partial charge in [-0.3, -0.25) is 0 Å². The molecule has 0 amide bonds. The summed E-state index contributed by atoms with van der Waals surface area (Å²) in [5, 5.41) is 38.4. The molecule has 1 aliphatic heterocycles. The summed E-state index contributed by atoms with van der Waals surface area (Å²) in [5.74, 6) is 0. The lowest BCUT2D eigenvalue weighted by Gasteiger charge is -2.39. The van der Waals surface area contributed by atoms with Crippen molar-refractivity contribution in [3.8, 4) is 0 Å². The van der Waals surface area contributed by atoms with Crippen LogP contribution in [0, 0.1) is 6.92 Å². The van der Waals surface area contributed by atoms with Gasteiger partial charge in [0, 0.05) is 5.56 Å².